The fourth-order valence-corrected chi connectivity index (χ4v) is 2.47. The average Bonchev–Trinajstić information content (AvgIpc) is 1.78. The summed E-state index contributed by atoms with van der Waals surface area (Å²) in [6.45, 7) is -0.909. The van der Waals surface area contributed by atoms with Crippen molar-refractivity contribution in [3.05, 3.63) is 0 Å². The molecule has 1 N–H and O–H groups in total. The molecule has 0 saturated heterocycles. The first kappa shape index (κ1) is 11.7. The molecule has 0 spiro atoms. The van der Waals surface area contributed by atoms with Gasteiger partial charge >= 0.3 is 10.4 Å². The highest BCUT2D eigenvalue weighted by atomic mass is 32.3. The van der Waals surface area contributed by atoms with E-state index in [1.807, 2.05) is 0 Å². The second-order valence-electron chi connectivity index (χ2n) is 1.88. The molecular formula is C3H7F2NO4S2. The Labute approximate surface area is 69.2 Å². The second-order valence-corrected chi connectivity index (χ2v) is 5.06. The lowest BCUT2D eigenvalue weighted by Gasteiger charge is -1.99. The Kier molecular flexibility index (Phi) is 4.00. The van der Waals surface area contributed by atoms with Crippen LogP contribution in [0.4, 0.5) is 8.28 Å². The van der Waals surface area contributed by atoms with Crippen LogP contribution in [0.2, 0.25) is 0 Å². The van der Waals surface area contributed by atoms with Gasteiger partial charge in [-0.3, -0.25) is 4.39 Å². The molecule has 0 bridgehead atoms. The van der Waals surface area contributed by atoms with Gasteiger partial charge in [0.05, 0.1) is 12.4 Å². The quantitative estimate of drug-likeness (QED) is 0.636. The van der Waals surface area contributed by atoms with Crippen LogP contribution in [-0.4, -0.2) is 29.3 Å². The molecule has 0 aliphatic rings. The first-order valence-corrected chi connectivity index (χ1v) is 5.82. The minimum absolute atomic E-state index is 0.370. The van der Waals surface area contributed by atoms with E-state index in [2.05, 4.69) is 0 Å². The zero-order valence-electron chi connectivity index (χ0n) is 5.83. The van der Waals surface area contributed by atoms with E-state index in [4.69, 9.17) is 0 Å². The third-order valence-electron chi connectivity index (χ3n) is 0.773. The van der Waals surface area contributed by atoms with Gasteiger partial charge in [0, 0.05) is 0 Å². The number of hydrogen-bond acceptors (Lipinski definition) is 4. The molecule has 0 aromatic heterocycles. The Morgan fingerprint density at radius 1 is 1.17 bits per heavy atom. The molecule has 0 amide bonds. The van der Waals surface area contributed by atoms with Crippen LogP contribution in [0.3, 0.4) is 0 Å². The standard InChI is InChI=1S/C3H7F2NO4S2/c4-2-1-3-11(7,8)6-12(5,9)10/h6H,1-3H2. The molecule has 0 atom stereocenters. The van der Waals surface area contributed by atoms with Crippen LogP contribution in [0.15, 0.2) is 0 Å². The van der Waals surface area contributed by atoms with Crippen molar-refractivity contribution < 1.29 is 25.1 Å². The van der Waals surface area contributed by atoms with Gasteiger partial charge in [0.25, 0.3) is 0 Å². The minimum atomic E-state index is -5.27. The molecule has 12 heavy (non-hydrogen) atoms. The first-order valence-electron chi connectivity index (χ1n) is 2.79. The number of halogens is 2. The zero-order chi connectivity index (χ0) is 9.83. The highest BCUT2D eigenvalue weighted by molar-refractivity contribution is 8.02. The molecule has 0 aromatic carbocycles. The molecule has 74 valence electrons. The van der Waals surface area contributed by atoms with Crippen molar-refractivity contribution in [2.24, 2.45) is 0 Å². The van der Waals surface area contributed by atoms with Gasteiger partial charge in [-0.1, -0.05) is 8.01 Å². The van der Waals surface area contributed by atoms with Crippen LogP contribution >= 0.6 is 0 Å². The third-order valence-corrected chi connectivity index (χ3v) is 3.41. The van der Waals surface area contributed by atoms with E-state index in [1.54, 1.807) is 0 Å². The summed E-state index contributed by atoms with van der Waals surface area (Å²) in [7, 11) is -9.53. The summed E-state index contributed by atoms with van der Waals surface area (Å²) >= 11 is 0. The Bertz CT molecular complexity index is 320. The van der Waals surface area contributed by atoms with Crippen molar-refractivity contribution in [2.75, 3.05) is 12.4 Å². The topological polar surface area (TPSA) is 80.3 Å². The minimum Gasteiger partial charge on any atom is -0.251 e. The van der Waals surface area contributed by atoms with Crippen molar-refractivity contribution in [3.8, 4) is 0 Å². The molecule has 0 aliphatic heterocycles. The monoisotopic (exact) mass is 223 g/mol. The number of sulfonamides is 1. The Hall–Kier alpha value is -0.280. The van der Waals surface area contributed by atoms with Crippen LogP contribution in [-0.2, 0) is 20.4 Å². The lowest BCUT2D eigenvalue weighted by Crippen LogP contribution is -2.29. The van der Waals surface area contributed by atoms with E-state index in [0.29, 0.717) is 0 Å². The lowest BCUT2D eigenvalue weighted by molar-refractivity contribution is 0.483. The predicted octanol–water partition coefficient (Wildman–Crippen LogP) is -0.520. The summed E-state index contributed by atoms with van der Waals surface area (Å²) in [5.74, 6) is -0.757. The van der Waals surface area contributed by atoms with Crippen molar-refractivity contribution >= 4 is 20.4 Å². The van der Waals surface area contributed by atoms with Crippen LogP contribution in [0.1, 0.15) is 6.42 Å². The molecule has 9 heteroatoms. The van der Waals surface area contributed by atoms with E-state index in [1.165, 1.54) is 0 Å². The maximum absolute atomic E-state index is 11.7. The summed E-state index contributed by atoms with van der Waals surface area (Å²) in [6, 6.07) is 0. The summed E-state index contributed by atoms with van der Waals surface area (Å²) in [6.07, 6.45) is -0.370. The van der Waals surface area contributed by atoms with E-state index >= 15 is 0 Å². The molecule has 0 saturated carbocycles. The summed E-state index contributed by atoms with van der Waals surface area (Å²) in [5.41, 5.74) is 0. The average molecular weight is 223 g/mol. The van der Waals surface area contributed by atoms with E-state index in [0.717, 1.165) is 4.13 Å². The molecule has 0 rings (SSSR count). The van der Waals surface area contributed by atoms with E-state index in [9.17, 15) is 25.1 Å². The smallest absolute Gasteiger partial charge is 0.251 e. The highest BCUT2D eigenvalue weighted by Crippen LogP contribution is 1.94. The summed E-state index contributed by atoms with van der Waals surface area (Å²) in [4.78, 5) is 0. The summed E-state index contributed by atoms with van der Waals surface area (Å²) < 4.78 is 64.4. The number of rotatable bonds is 5. The molecule has 0 radical (unpaired) electrons. The van der Waals surface area contributed by atoms with Gasteiger partial charge in [-0.15, -0.1) is 0 Å². The van der Waals surface area contributed by atoms with E-state index in [-0.39, 0.29) is 6.42 Å². The summed E-state index contributed by atoms with van der Waals surface area (Å²) in [5, 5.41) is 0. The molecule has 0 aliphatic carbocycles. The van der Waals surface area contributed by atoms with E-state index < -0.39 is 32.9 Å². The van der Waals surface area contributed by atoms with Gasteiger partial charge in [-0.2, -0.15) is 8.42 Å². The molecule has 0 aromatic rings. The molecule has 5 nitrogen and oxygen atoms in total. The van der Waals surface area contributed by atoms with Crippen molar-refractivity contribution in [1.29, 1.82) is 0 Å². The van der Waals surface area contributed by atoms with Gasteiger partial charge in [-0.25, -0.2) is 8.42 Å². The Morgan fingerprint density at radius 3 is 2.00 bits per heavy atom. The number of alkyl halides is 1. The molecule has 0 unspecified atom stereocenters. The van der Waals surface area contributed by atoms with Crippen molar-refractivity contribution in [3.63, 3.8) is 0 Å². The fourth-order valence-electron chi connectivity index (χ4n) is 0.438. The van der Waals surface area contributed by atoms with Crippen molar-refractivity contribution in [2.45, 2.75) is 6.42 Å². The molecule has 0 heterocycles. The van der Waals surface area contributed by atoms with Gasteiger partial charge in [-0.05, 0) is 6.42 Å². The normalized spacial score (nSPS) is 13.2. The van der Waals surface area contributed by atoms with Gasteiger partial charge in [0.2, 0.25) is 10.0 Å². The lowest BCUT2D eigenvalue weighted by atomic mass is 10.6. The molecule has 0 fully saturated rings. The highest BCUT2D eigenvalue weighted by Gasteiger charge is 2.18. The van der Waals surface area contributed by atoms with Crippen LogP contribution in [0, 0.1) is 0 Å². The van der Waals surface area contributed by atoms with Crippen LogP contribution in [0.25, 0.3) is 0 Å². The van der Waals surface area contributed by atoms with Gasteiger partial charge in [0.1, 0.15) is 0 Å². The van der Waals surface area contributed by atoms with Gasteiger partial charge in [0.15, 0.2) is 0 Å². The number of hydrogen-bond donors (Lipinski definition) is 1. The van der Waals surface area contributed by atoms with Crippen LogP contribution < -0.4 is 4.13 Å². The zero-order valence-corrected chi connectivity index (χ0v) is 7.46. The maximum Gasteiger partial charge on any atom is 0.385 e. The SMILES string of the molecule is O=S(=O)(F)NS(=O)(=O)CCCF. The largest absolute Gasteiger partial charge is 0.385 e. The maximum atomic E-state index is 11.7. The van der Waals surface area contributed by atoms with Crippen LogP contribution in [0.5, 0.6) is 0 Å². The number of nitrogens with one attached hydrogen (secondary N) is 1. The fraction of sp³-hybridized carbons (Fsp3) is 1.00. The second kappa shape index (κ2) is 4.10. The predicted molar refractivity (Wildman–Crippen MR) is 37.5 cm³/mol. The van der Waals surface area contributed by atoms with Gasteiger partial charge < -0.3 is 0 Å². The molecular weight excluding hydrogens is 216 g/mol. The Morgan fingerprint density at radius 2 is 1.67 bits per heavy atom. The first-order chi connectivity index (χ1) is 5.27. The van der Waals surface area contributed by atoms with Crippen molar-refractivity contribution in [1.82, 2.24) is 4.13 Å². The third kappa shape index (κ3) is 6.43. The Balaban J connectivity index is 4.26.